The third-order valence-electron chi connectivity index (χ3n) is 5.80. The SMILES string of the molecule is COc1ccc2c(Nc3ccc(F)c(Cl)c3)ncnc2c1OC1CCN(CC(=O)N(C)C)CC1. The van der Waals surface area contributed by atoms with Gasteiger partial charge in [-0.3, -0.25) is 9.69 Å². The average molecular weight is 488 g/mol. The number of amides is 1. The fraction of sp³-hybridized carbons (Fsp3) is 0.375. The molecule has 1 aliphatic rings. The van der Waals surface area contributed by atoms with Crippen molar-refractivity contribution in [2.45, 2.75) is 18.9 Å². The number of rotatable bonds is 7. The predicted molar refractivity (Wildman–Crippen MR) is 130 cm³/mol. The summed E-state index contributed by atoms with van der Waals surface area (Å²) in [6.07, 6.45) is 2.97. The Hall–Kier alpha value is -3.17. The Labute approximate surface area is 202 Å². The van der Waals surface area contributed by atoms with Gasteiger partial charge in [0.05, 0.1) is 18.7 Å². The van der Waals surface area contributed by atoms with Crippen molar-refractivity contribution in [2.24, 2.45) is 0 Å². The van der Waals surface area contributed by atoms with Gasteiger partial charge in [-0.25, -0.2) is 14.4 Å². The molecule has 2 heterocycles. The lowest BCUT2D eigenvalue weighted by Gasteiger charge is -2.32. The lowest BCUT2D eigenvalue weighted by atomic mass is 10.1. The molecule has 0 aliphatic carbocycles. The molecule has 1 N–H and O–H groups in total. The molecule has 4 rings (SSSR count). The molecule has 1 aromatic heterocycles. The van der Waals surface area contributed by atoms with Crippen molar-refractivity contribution >= 4 is 39.9 Å². The van der Waals surface area contributed by atoms with Gasteiger partial charge < -0.3 is 19.7 Å². The average Bonchev–Trinajstić information content (AvgIpc) is 2.83. The van der Waals surface area contributed by atoms with Crippen LogP contribution in [0.3, 0.4) is 0 Å². The number of likely N-dealkylation sites (N-methyl/N-ethyl adjacent to an activating group) is 1. The van der Waals surface area contributed by atoms with Crippen LogP contribution in [-0.2, 0) is 4.79 Å². The smallest absolute Gasteiger partial charge is 0.236 e. The molecule has 3 aromatic rings. The minimum absolute atomic E-state index is 0.0210. The normalized spacial score (nSPS) is 14.7. The molecular formula is C24H27ClFN5O3. The van der Waals surface area contributed by atoms with Gasteiger partial charge in [0.2, 0.25) is 5.91 Å². The number of anilines is 2. The summed E-state index contributed by atoms with van der Waals surface area (Å²) >= 11 is 5.92. The van der Waals surface area contributed by atoms with E-state index in [2.05, 4.69) is 20.2 Å². The van der Waals surface area contributed by atoms with Gasteiger partial charge in [-0.1, -0.05) is 11.6 Å². The van der Waals surface area contributed by atoms with Gasteiger partial charge >= 0.3 is 0 Å². The minimum Gasteiger partial charge on any atom is -0.493 e. The highest BCUT2D eigenvalue weighted by atomic mass is 35.5. The molecule has 0 unspecified atom stereocenters. The zero-order valence-corrected chi connectivity index (χ0v) is 20.1. The predicted octanol–water partition coefficient (Wildman–Crippen LogP) is 4.11. The van der Waals surface area contributed by atoms with Crippen molar-refractivity contribution in [1.29, 1.82) is 0 Å². The second kappa shape index (κ2) is 10.4. The first-order valence-electron chi connectivity index (χ1n) is 11.0. The number of nitrogens with one attached hydrogen (secondary N) is 1. The summed E-state index contributed by atoms with van der Waals surface area (Å²) in [6.45, 7) is 1.95. The van der Waals surface area contributed by atoms with Gasteiger partial charge in [0.15, 0.2) is 11.5 Å². The maximum atomic E-state index is 13.5. The summed E-state index contributed by atoms with van der Waals surface area (Å²) in [5.41, 5.74) is 1.21. The maximum absolute atomic E-state index is 13.5. The first kappa shape index (κ1) is 24.0. The Balaban J connectivity index is 1.55. The van der Waals surface area contributed by atoms with Crippen LogP contribution in [0.1, 0.15) is 12.8 Å². The Morgan fingerprint density at radius 3 is 2.68 bits per heavy atom. The fourth-order valence-electron chi connectivity index (χ4n) is 3.86. The number of benzene rings is 2. The monoisotopic (exact) mass is 487 g/mol. The van der Waals surface area contributed by atoms with E-state index in [9.17, 15) is 9.18 Å². The summed E-state index contributed by atoms with van der Waals surface area (Å²) in [5.74, 6) is 1.27. The van der Waals surface area contributed by atoms with E-state index in [4.69, 9.17) is 21.1 Å². The molecule has 0 spiro atoms. The number of piperidine rings is 1. The van der Waals surface area contributed by atoms with Crippen molar-refractivity contribution in [2.75, 3.05) is 46.2 Å². The molecule has 1 fully saturated rings. The van der Waals surface area contributed by atoms with E-state index in [0.29, 0.717) is 35.1 Å². The largest absolute Gasteiger partial charge is 0.493 e. The molecule has 34 heavy (non-hydrogen) atoms. The summed E-state index contributed by atoms with van der Waals surface area (Å²) in [4.78, 5) is 24.6. The lowest BCUT2D eigenvalue weighted by Crippen LogP contribution is -2.43. The number of carbonyl (C=O) groups excluding carboxylic acids is 1. The van der Waals surface area contributed by atoms with E-state index in [1.165, 1.54) is 18.5 Å². The van der Waals surface area contributed by atoms with Crippen LogP contribution in [0, 0.1) is 5.82 Å². The Morgan fingerprint density at radius 2 is 2.00 bits per heavy atom. The van der Waals surface area contributed by atoms with E-state index in [1.807, 2.05) is 12.1 Å². The van der Waals surface area contributed by atoms with Crippen molar-refractivity contribution in [3.05, 3.63) is 47.5 Å². The molecule has 0 saturated carbocycles. The van der Waals surface area contributed by atoms with Gasteiger partial charge in [0.1, 0.15) is 29.6 Å². The molecule has 0 bridgehead atoms. The van der Waals surface area contributed by atoms with E-state index in [0.717, 1.165) is 31.3 Å². The van der Waals surface area contributed by atoms with Crippen LogP contribution in [0.4, 0.5) is 15.9 Å². The number of nitrogens with zero attached hydrogens (tertiary/aromatic N) is 4. The van der Waals surface area contributed by atoms with Crippen LogP contribution in [0.2, 0.25) is 5.02 Å². The molecule has 1 aliphatic heterocycles. The molecule has 10 heteroatoms. The first-order chi connectivity index (χ1) is 16.4. The van der Waals surface area contributed by atoms with Crippen molar-refractivity contribution in [1.82, 2.24) is 19.8 Å². The minimum atomic E-state index is -0.489. The summed E-state index contributed by atoms with van der Waals surface area (Å²) < 4.78 is 25.5. The summed E-state index contributed by atoms with van der Waals surface area (Å²) in [7, 11) is 5.12. The Kier molecular flexibility index (Phi) is 7.33. The number of methoxy groups -OCH3 is 1. The highest BCUT2D eigenvalue weighted by Gasteiger charge is 2.25. The molecule has 8 nitrogen and oxygen atoms in total. The molecule has 0 radical (unpaired) electrons. The number of carbonyl (C=O) groups is 1. The quantitative estimate of drug-likeness (QED) is 0.537. The second-order valence-electron chi connectivity index (χ2n) is 8.35. The highest BCUT2D eigenvalue weighted by molar-refractivity contribution is 6.31. The highest BCUT2D eigenvalue weighted by Crippen LogP contribution is 2.38. The fourth-order valence-corrected chi connectivity index (χ4v) is 4.04. The van der Waals surface area contributed by atoms with E-state index < -0.39 is 5.82 Å². The molecule has 1 saturated heterocycles. The van der Waals surface area contributed by atoms with Gasteiger partial charge in [0, 0.05) is 38.3 Å². The Bertz CT molecular complexity index is 1180. The number of likely N-dealkylation sites (tertiary alicyclic amines) is 1. The summed E-state index contributed by atoms with van der Waals surface area (Å²) in [6, 6.07) is 8.05. The van der Waals surface area contributed by atoms with Crippen molar-refractivity contribution < 1.29 is 18.7 Å². The maximum Gasteiger partial charge on any atom is 0.236 e. The molecule has 1 amide bonds. The van der Waals surface area contributed by atoms with Crippen LogP contribution in [0.25, 0.3) is 10.9 Å². The summed E-state index contributed by atoms with van der Waals surface area (Å²) in [5, 5.41) is 3.93. The van der Waals surface area contributed by atoms with Crippen LogP contribution >= 0.6 is 11.6 Å². The first-order valence-corrected chi connectivity index (χ1v) is 11.4. The molecule has 0 atom stereocenters. The number of halogens is 2. The topological polar surface area (TPSA) is 79.8 Å². The second-order valence-corrected chi connectivity index (χ2v) is 8.76. The number of hydrogen-bond acceptors (Lipinski definition) is 7. The van der Waals surface area contributed by atoms with Gasteiger partial charge in [-0.15, -0.1) is 0 Å². The van der Waals surface area contributed by atoms with Gasteiger partial charge in [-0.05, 0) is 43.2 Å². The van der Waals surface area contributed by atoms with Crippen LogP contribution < -0.4 is 14.8 Å². The van der Waals surface area contributed by atoms with E-state index in [1.54, 1.807) is 32.2 Å². The van der Waals surface area contributed by atoms with Crippen LogP contribution in [-0.4, -0.2) is 72.6 Å². The van der Waals surface area contributed by atoms with E-state index >= 15 is 0 Å². The molecular weight excluding hydrogens is 461 g/mol. The third-order valence-corrected chi connectivity index (χ3v) is 6.09. The zero-order chi connectivity index (χ0) is 24.2. The number of fused-ring (bicyclic) bond motifs is 1. The van der Waals surface area contributed by atoms with Crippen molar-refractivity contribution in [3.63, 3.8) is 0 Å². The number of aromatic nitrogens is 2. The van der Waals surface area contributed by atoms with Crippen LogP contribution in [0.15, 0.2) is 36.7 Å². The van der Waals surface area contributed by atoms with E-state index in [-0.39, 0.29) is 17.0 Å². The third kappa shape index (κ3) is 5.31. The lowest BCUT2D eigenvalue weighted by molar-refractivity contribution is -0.130. The standard InChI is InChI=1S/C24H27ClFN5O3/c1-30(2)21(32)13-31-10-8-16(9-11-31)34-23-20(33-3)7-5-17-22(23)27-14-28-24(17)29-15-4-6-19(26)18(25)12-15/h4-7,12,14,16H,8-11,13H2,1-3H3,(H,27,28,29). The number of hydrogen-bond donors (Lipinski definition) is 1. The zero-order valence-electron chi connectivity index (χ0n) is 19.3. The molecule has 180 valence electrons. The Morgan fingerprint density at radius 1 is 1.24 bits per heavy atom. The van der Waals surface area contributed by atoms with Gasteiger partial charge in [0.25, 0.3) is 0 Å². The van der Waals surface area contributed by atoms with Crippen molar-refractivity contribution in [3.8, 4) is 11.5 Å². The van der Waals surface area contributed by atoms with Gasteiger partial charge in [-0.2, -0.15) is 0 Å². The molecule has 2 aromatic carbocycles. The number of ether oxygens (including phenoxy) is 2. The van der Waals surface area contributed by atoms with Crippen LogP contribution in [0.5, 0.6) is 11.5 Å².